The van der Waals surface area contributed by atoms with Gasteiger partial charge in [-0.05, 0) is 30.5 Å². The van der Waals surface area contributed by atoms with Crippen molar-refractivity contribution in [1.29, 1.82) is 0 Å². The maximum atomic E-state index is 13.4. The van der Waals surface area contributed by atoms with E-state index in [9.17, 15) is 18.0 Å². The molecule has 8 heteroatoms. The highest BCUT2D eigenvalue weighted by Crippen LogP contribution is 2.35. The van der Waals surface area contributed by atoms with E-state index in [0.717, 1.165) is 5.56 Å². The normalized spacial score (nSPS) is 24.0. The van der Waals surface area contributed by atoms with Gasteiger partial charge in [-0.15, -0.1) is 0 Å². The van der Waals surface area contributed by atoms with Crippen LogP contribution in [0.15, 0.2) is 18.2 Å². The fourth-order valence-corrected chi connectivity index (χ4v) is 3.41. The van der Waals surface area contributed by atoms with Crippen molar-refractivity contribution in [2.24, 2.45) is 0 Å². The molecule has 0 saturated carbocycles. The first kappa shape index (κ1) is 17.8. The Labute approximate surface area is 144 Å². The Balaban J connectivity index is 1.76. The van der Waals surface area contributed by atoms with Crippen molar-refractivity contribution in [3.63, 3.8) is 0 Å². The predicted molar refractivity (Wildman–Crippen MR) is 84.5 cm³/mol. The molecule has 0 spiro atoms. The number of likely N-dealkylation sites (tertiary alicyclic amines) is 1. The van der Waals surface area contributed by atoms with E-state index in [1.165, 1.54) is 11.8 Å². The highest BCUT2D eigenvalue weighted by Gasteiger charge is 2.46. The molecule has 0 aromatic heterocycles. The lowest BCUT2D eigenvalue weighted by molar-refractivity contribution is -0.194. The number of nitrogens with zero attached hydrogens (tertiary/aromatic N) is 1. The molecule has 0 aliphatic carbocycles. The number of nitrogens with one attached hydrogen (secondary N) is 1. The second kappa shape index (κ2) is 7.11. The molecular weight excluding hydrogens is 337 g/mol. The predicted octanol–water partition coefficient (Wildman–Crippen LogP) is 2.49. The van der Waals surface area contributed by atoms with Crippen LogP contribution in [0, 0.1) is 0 Å². The number of carbonyl (C=O) groups excluding carboxylic acids is 1. The molecule has 1 aromatic rings. The molecule has 0 bridgehead atoms. The number of amides is 1. The van der Waals surface area contributed by atoms with E-state index in [-0.39, 0.29) is 31.5 Å². The first-order chi connectivity index (χ1) is 11.8. The van der Waals surface area contributed by atoms with Crippen LogP contribution in [-0.2, 0) is 11.3 Å². The zero-order valence-corrected chi connectivity index (χ0v) is 13.9. The van der Waals surface area contributed by atoms with Crippen molar-refractivity contribution in [2.75, 3.05) is 19.8 Å². The molecular formula is C17H21F3N2O3. The lowest BCUT2D eigenvalue weighted by atomic mass is 9.96. The Morgan fingerprint density at radius 2 is 1.96 bits per heavy atom. The van der Waals surface area contributed by atoms with E-state index in [0.29, 0.717) is 31.1 Å². The highest BCUT2D eigenvalue weighted by atomic mass is 19.4. The van der Waals surface area contributed by atoms with Crippen LogP contribution in [0.2, 0.25) is 0 Å². The molecule has 2 heterocycles. The third kappa shape index (κ3) is 4.36. The maximum Gasteiger partial charge on any atom is 0.404 e. The quantitative estimate of drug-likeness (QED) is 0.902. The summed E-state index contributed by atoms with van der Waals surface area (Å²) in [4.78, 5) is 12.6. The average Bonchev–Trinajstić information content (AvgIpc) is 2.53. The summed E-state index contributed by atoms with van der Waals surface area (Å²) in [6.45, 7) is 2.57. The molecule has 1 saturated heterocycles. The highest BCUT2D eigenvalue weighted by molar-refractivity contribution is 5.73. The second-order valence-corrected chi connectivity index (χ2v) is 6.44. The molecule has 1 amide bonds. The topological polar surface area (TPSA) is 50.8 Å². The van der Waals surface area contributed by atoms with Gasteiger partial charge in [0.05, 0.1) is 0 Å². The van der Waals surface area contributed by atoms with Gasteiger partial charge in [-0.1, -0.05) is 6.07 Å². The van der Waals surface area contributed by atoms with Gasteiger partial charge in [0.2, 0.25) is 5.91 Å². The summed E-state index contributed by atoms with van der Waals surface area (Å²) in [7, 11) is 0. The molecule has 2 aliphatic heterocycles. The SMILES string of the molecule is CC(=O)N[C@H]1CC[C@@H](C(F)(F)F)N(Cc2ccc3c(c2)OCCO3)C1. The van der Waals surface area contributed by atoms with Gasteiger partial charge in [-0.25, -0.2) is 0 Å². The van der Waals surface area contributed by atoms with Gasteiger partial charge in [0.15, 0.2) is 11.5 Å². The first-order valence-corrected chi connectivity index (χ1v) is 8.29. The van der Waals surface area contributed by atoms with Crippen LogP contribution >= 0.6 is 0 Å². The number of ether oxygens (including phenoxy) is 2. The van der Waals surface area contributed by atoms with Crippen LogP contribution in [0.5, 0.6) is 11.5 Å². The zero-order chi connectivity index (χ0) is 18.0. The summed E-state index contributed by atoms with van der Waals surface area (Å²) < 4.78 is 51.1. The number of benzene rings is 1. The van der Waals surface area contributed by atoms with E-state index in [2.05, 4.69) is 5.32 Å². The third-order valence-electron chi connectivity index (χ3n) is 4.46. The van der Waals surface area contributed by atoms with Crippen molar-refractivity contribution in [3.8, 4) is 11.5 Å². The van der Waals surface area contributed by atoms with Crippen molar-refractivity contribution < 1.29 is 27.4 Å². The van der Waals surface area contributed by atoms with Crippen molar-refractivity contribution in [3.05, 3.63) is 23.8 Å². The van der Waals surface area contributed by atoms with Gasteiger partial charge in [0.25, 0.3) is 0 Å². The van der Waals surface area contributed by atoms with E-state index in [1.807, 2.05) is 0 Å². The Morgan fingerprint density at radius 1 is 1.24 bits per heavy atom. The number of hydrogen-bond acceptors (Lipinski definition) is 4. The minimum Gasteiger partial charge on any atom is -0.486 e. The Hall–Kier alpha value is -1.96. The van der Waals surface area contributed by atoms with Crippen LogP contribution in [0.3, 0.4) is 0 Å². The summed E-state index contributed by atoms with van der Waals surface area (Å²) in [5.41, 5.74) is 0.724. The van der Waals surface area contributed by atoms with E-state index in [4.69, 9.17) is 9.47 Å². The minimum absolute atomic E-state index is 0.0288. The van der Waals surface area contributed by atoms with E-state index < -0.39 is 12.2 Å². The number of halogens is 3. The monoisotopic (exact) mass is 358 g/mol. The Kier molecular flexibility index (Phi) is 5.08. The summed E-state index contributed by atoms with van der Waals surface area (Å²) in [6, 6.07) is 3.42. The number of alkyl halides is 3. The standard InChI is InChI=1S/C17H21F3N2O3/c1-11(23)21-13-3-5-16(17(18,19)20)22(10-13)9-12-2-4-14-15(8-12)25-7-6-24-14/h2,4,8,13,16H,3,5-7,9-10H2,1H3,(H,21,23)/t13-,16-/m0/s1. The fraction of sp³-hybridized carbons (Fsp3) is 0.588. The van der Waals surface area contributed by atoms with E-state index in [1.54, 1.807) is 18.2 Å². The lowest BCUT2D eigenvalue weighted by Crippen LogP contribution is -2.55. The molecule has 25 heavy (non-hydrogen) atoms. The summed E-state index contributed by atoms with van der Waals surface area (Å²) in [5.74, 6) is 0.939. The molecule has 3 rings (SSSR count). The van der Waals surface area contributed by atoms with Crippen molar-refractivity contribution >= 4 is 5.91 Å². The summed E-state index contributed by atoms with van der Waals surface area (Å²) in [6.07, 6.45) is -4.00. The maximum absolute atomic E-state index is 13.4. The van der Waals surface area contributed by atoms with Crippen LogP contribution in [-0.4, -0.2) is 48.8 Å². The fourth-order valence-electron chi connectivity index (χ4n) is 3.41. The summed E-state index contributed by atoms with van der Waals surface area (Å²) >= 11 is 0. The molecule has 138 valence electrons. The number of carbonyl (C=O) groups is 1. The molecule has 5 nitrogen and oxygen atoms in total. The zero-order valence-electron chi connectivity index (χ0n) is 13.9. The van der Waals surface area contributed by atoms with Gasteiger partial charge in [0.1, 0.15) is 19.3 Å². The molecule has 1 N–H and O–H groups in total. The smallest absolute Gasteiger partial charge is 0.404 e. The van der Waals surface area contributed by atoms with Crippen LogP contribution in [0.4, 0.5) is 13.2 Å². The number of rotatable bonds is 3. The molecule has 1 aromatic carbocycles. The third-order valence-corrected chi connectivity index (χ3v) is 4.46. The van der Waals surface area contributed by atoms with Gasteiger partial charge in [-0.3, -0.25) is 9.69 Å². The largest absolute Gasteiger partial charge is 0.486 e. The average molecular weight is 358 g/mol. The molecule has 2 atom stereocenters. The molecule has 2 aliphatic rings. The van der Waals surface area contributed by atoms with Crippen LogP contribution in [0.25, 0.3) is 0 Å². The van der Waals surface area contributed by atoms with Crippen molar-refractivity contribution in [1.82, 2.24) is 10.2 Å². The van der Waals surface area contributed by atoms with Gasteiger partial charge in [-0.2, -0.15) is 13.2 Å². The minimum atomic E-state index is -4.30. The number of hydrogen-bond donors (Lipinski definition) is 1. The first-order valence-electron chi connectivity index (χ1n) is 8.29. The lowest BCUT2D eigenvalue weighted by Gasteiger charge is -2.40. The molecule has 1 fully saturated rings. The van der Waals surface area contributed by atoms with Gasteiger partial charge < -0.3 is 14.8 Å². The molecule has 0 unspecified atom stereocenters. The summed E-state index contributed by atoms with van der Waals surface area (Å²) in [5, 5.41) is 2.73. The van der Waals surface area contributed by atoms with Gasteiger partial charge >= 0.3 is 6.18 Å². The van der Waals surface area contributed by atoms with Gasteiger partial charge in [0, 0.05) is 26.1 Å². The number of piperidine rings is 1. The Bertz CT molecular complexity index is 636. The second-order valence-electron chi connectivity index (χ2n) is 6.44. The Morgan fingerprint density at radius 3 is 2.64 bits per heavy atom. The van der Waals surface area contributed by atoms with Crippen molar-refractivity contribution in [2.45, 2.75) is 44.6 Å². The van der Waals surface area contributed by atoms with Crippen LogP contribution < -0.4 is 14.8 Å². The molecule has 0 radical (unpaired) electrons. The number of fused-ring (bicyclic) bond motifs is 1. The van der Waals surface area contributed by atoms with Crippen LogP contribution in [0.1, 0.15) is 25.3 Å². The van der Waals surface area contributed by atoms with E-state index >= 15 is 0 Å².